The van der Waals surface area contributed by atoms with Gasteiger partial charge in [0.15, 0.2) is 0 Å². The minimum Gasteiger partial charge on any atom is -0.405 e. The van der Waals surface area contributed by atoms with Gasteiger partial charge in [-0.15, -0.1) is 0 Å². The highest BCUT2D eigenvalue weighted by Gasteiger charge is 1.91. The zero-order valence-corrected chi connectivity index (χ0v) is 10.6. The molecule has 1 heterocycles. The minimum atomic E-state index is 0.739. The molecule has 0 spiro atoms. The highest BCUT2D eigenvalue weighted by Crippen LogP contribution is 1.99. The maximum absolute atomic E-state index is 5.21. The number of nitrogens with zero attached hydrogens (tertiary/aromatic N) is 3. The first-order valence-corrected chi connectivity index (χ1v) is 5.65. The van der Waals surface area contributed by atoms with E-state index < -0.39 is 0 Å². The molecule has 0 aliphatic carbocycles. The summed E-state index contributed by atoms with van der Waals surface area (Å²) in [4.78, 5) is 4.32. The van der Waals surface area contributed by atoms with Gasteiger partial charge in [0.05, 0.1) is 0 Å². The maximum Gasteiger partial charge on any atom is 0.148 e. The Morgan fingerprint density at radius 1 is 1.53 bits per heavy atom. The molecule has 0 aliphatic heterocycles. The van der Waals surface area contributed by atoms with E-state index in [9.17, 15) is 0 Å². The van der Waals surface area contributed by atoms with E-state index in [0.29, 0.717) is 0 Å². The number of nitrogens with two attached hydrogens (primary N) is 1. The average molecular weight is 316 g/mol. The van der Waals surface area contributed by atoms with Gasteiger partial charge >= 0.3 is 0 Å². The summed E-state index contributed by atoms with van der Waals surface area (Å²) in [5.41, 5.74) is 6.05. The second-order valence-corrected chi connectivity index (χ2v) is 3.92. The van der Waals surface area contributed by atoms with Crippen LogP contribution in [0, 0.1) is 3.57 Å². The van der Waals surface area contributed by atoms with E-state index in [-0.39, 0.29) is 0 Å². The lowest BCUT2D eigenvalue weighted by Crippen LogP contribution is -2.17. The van der Waals surface area contributed by atoms with Crippen LogP contribution in [-0.4, -0.2) is 17.4 Å². The predicted octanol–water partition coefficient (Wildman–Crippen LogP) is 1.32. The standard InChI is InChI=1S/C10H13IN4/c1-2-13-10-5-4-9(11)8-15(10)14-7-3-6-12/h3-8H,2,12H2,1H3. The van der Waals surface area contributed by atoms with Crippen molar-refractivity contribution in [3.63, 3.8) is 0 Å². The average Bonchev–Trinajstić information content (AvgIpc) is 2.22. The highest BCUT2D eigenvalue weighted by atomic mass is 127. The van der Waals surface area contributed by atoms with E-state index in [1.807, 2.05) is 25.3 Å². The molecular formula is C10H13IN4. The molecule has 5 heteroatoms. The Kier molecular flexibility index (Phi) is 5.09. The molecule has 0 bridgehead atoms. The topological polar surface area (TPSA) is 55.7 Å². The van der Waals surface area contributed by atoms with Gasteiger partial charge in [-0.3, -0.25) is 4.99 Å². The Labute approximate surface area is 102 Å². The number of rotatable bonds is 3. The van der Waals surface area contributed by atoms with Crippen molar-refractivity contribution < 1.29 is 0 Å². The maximum atomic E-state index is 5.21. The van der Waals surface area contributed by atoms with Crippen molar-refractivity contribution in [1.82, 2.24) is 4.68 Å². The number of halogens is 1. The van der Waals surface area contributed by atoms with Crippen LogP contribution in [0.25, 0.3) is 0 Å². The summed E-state index contributed by atoms with van der Waals surface area (Å²) in [6, 6.07) is 3.94. The largest absolute Gasteiger partial charge is 0.405 e. The lowest BCUT2D eigenvalue weighted by molar-refractivity contribution is 0.786. The number of hydrogen-bond acceptors (Lipinski definition) is 3. The Balaban J connectivity index is 3.13. The van der Waals surface area contributed by atoms with Crippen molar-refractivity contribution >= 4 is 28.8 Å². The molecular weight excluding hydrogens is 303 g/mol. The summed E-state index contributed by atoms with van der Waals surface area (Å²) in [6.07, 6.45) is 6.65. The molecule has 1 aromatic heterocycles. The molecule has 0 radical (unpaired) electrons. The zero-order valence-electron chi connectivity index (χ0n) is 8.47. The second kappa shape index (κ2) is 6.39. The first kappa shape index (κ1) is 12.0. The van der Waals surface area contributed by atoms with E-state index in [0.717, 1.165) is 15.6 Å². The normalized spacial score (nSPS) is 13.1. The monoisotopic (exact) mass is 316 g/mol. The Bertz CT molecular complexity index is 431. The Morgan fingerprint density at radius 2 is 2.33 bits per heavy atom. The van der Waals surface area contributed by atoms with Gasteiger partial charge in [-0.05, 0) is 53.9 Å². The van der Waals surface area contributed by atoms with E-state index in [1.165, 1.54) is 6.20 Å². The molecule has 0 aliphatic rings. The van der Waals surface area contributed by atoms with Gasteiger partial charge in [-0.25, -0.2) is 4.68 Å². The summed E-state index contributed by atoms with van der Waals surface area (Å²) in [5.74, 6) is 0. The van der Waals surface area contributed by atoms with Crippen LogP contribution in [0.15, 0.2) is 40.7 Å². The van der Waals surface area contributed by atoms with Crippen molar-refractivity contribution in [2.45, 2.75) is 6.92 Å². The van der Waals surface area contributed by atoms with E-state index in [1.54, 1.807) is 17.0 Å². The van der Waals surface area contributed by atoms with Gasteiger partial charge in [-0.1, -0.05) is 0 Å². The van der Waals surface area contributed by atoms with Crippen LogP contribution in [0.4, 0.5) is 0 Å². The van der Waals surface area contributed by atoms with Crippen LogP contribution in [-0.2, 0) is 0 Å². The Morgan fingerprint density at radius 3 is 3.00 bits per heavy atom. The van der Waals surface area contributed by atoms with Crippen LogP contribution in [0.3, 0.4) is 0 Å². The molecule has 0 saturated carbocycles. The van der Waals surface area contributed by atoms with Gasteiger partial charge < -0.3 is 5.73 Å². The molecule has 0 saturated heterocycles. The number of hydrogen-bond donors (Lipinski definition) is 1. The molecule has 1 rings (SSSR count). The fourth-order valence-electron chi connectivity index (χ4n) is 0.996. The molecule has 0 unspecified atom stereocenters. The molecule has 0 fully saturated rings. The third-order valence-electron chi connectivity index (χ3n) is 1.58. The van der Waals surface area contributed by atoms with Crippen LogP contribution < -0.4 is 11.2 Å². The molecule has 0 amide bonds. The van der Waals surface area contributed by atoms with E-state index in [4.69, 9.17) is 5.73 Å². The Hall–Kier alpha value is -1.11. The van der Waals surface area contributed by atoms with Crippen LogP contribution in [0.2, 0.25) is 0 Å². The number of aromatic nitrogens is 1. The molecule has 2 N–H and O–H groups in total. The summed E-state index contributed by atoms with van der Waals surface area (Å²) in [6.45, 7) is 2.73. The first-order valence-electron chi connectivity index (χ1n) is 4.58. The van der Waals surface area contributed by atoms with Crippen molar-refractivity contribution in [2.75, 3.05) is 6.54 Å². The lowest BCUT2D eigenvalue weighted by atomic mass is 10.5. The molecule has 0 aromatic carbocycles. The summed E-state index contributed by atoms with van der Waals surface area (Å²) >= 11 is 2.23. The summed E-state index contributed by atoms with van der Waals surface area (Å²) < 4.78 is 2.84. The van der Waals surface area contributed by atoms with E-state index in [2.05, 4.69) is 32.7 Å². The van der Waals surface area contributed by atoms with Gasteiger partial charge in [-0.2, -0.15) is 5.10 Å². The summed E-state index contributed by atoms with van der Waals surface area (Å²) in [7, 11) is 0. The van der Waals surface area contributed by atoms with E-state index >= 15 is 0 Å². The third kappa shape index (κ3) is 3.86. The predicted molar refractivity (Wildman–Crippen MR) is 70.5 cm³/mol. The van der Waals surface area contributed by atoms with Gasteiger partial charge in [0.2, 0.25) is 0 Å². The van der Waals surface area contributed by atoms with Crippen molar-refractivity contribution in [1.29, 1.82) is 0 Å². The van der Waals surface area contributed by atoms with Crippen LogP contribution in [0.1, 0.15) is 6.92 Å². The smallest absolute Gasteiger partial charge is 0.148 e. The third-order valence-corrected chi connectivity index (χ3v) is 2.22. The highest BCUT2D eigenvalue weighted by molar-refractivity contribution is 14.1. The van der Waals surface area contributed by atoms with Crippen molar-refractivity contribution in [3.05, 3.63) is 39.7 Å². The van der Waals surface area contributed by atoms with Crippen molar-refractivity contribution in [3.8, 4) is 0 Å². The van der Waals surface area contributed by atoms with Gasteiger partial charge in [0, 0.05) is 22.5 Å². The first-order chi connectivity index (χ1) is 7.27. The molecule has 0 atom stereocenters. The fraction of sp³-hybridized carbons (Fsp3) is 0.200. The second-order valence-electron chi connectivity index (χ2n) is 2.67. The van der Waals surface area contributed by atoms with Gasteiger partial charge in [0.25, 0.3) is 0 Å². The fourth-order valence-corrected chi connectivity index (χ4v) is 1.44. The van der Waals surface area contributed by atoms with Gasteiger partial charge in [0.1, 0.15) is 5.49 Å². The van der Waals surface area contributed by atoms with Crippen LogP contribution in [0.5, 0.6) is 0 Å². The molecule has 15 heavy (non-hydrogen) atoms. The number of allylic oxidation sites excluding steroid dienone is 1. The summed E-state index contributed by atoms with van der Waals surface area (Å²) in [5, 5.41) is 4.20. The minimum absolute atomic E-state index is 0.739. The molecule has 1 aromatic rings. The molecule has 80 valence electrons. The molecule has 4 nitrogen and oxygen atoms in total. The zero-order chi connectivity index (χ0) is 11.1. The van der Waals surface area contributed by atoms with Crippen molar-refractivity contribution in [2.24, 2.45) is 15.8 Å². The quantitative estimate of drug-likeness (QED) is 0.664. The lowest BCUT2D eigenvalue weighted by Gasteiger charge is -2.00. The SMILES string of the molecule is CCN=c1ccc(I)cn1N=CC=CN. The van der Waals surface area contributed by atoms with Crippen LogP contribution >= 0.6 is 22.6 Å². The number of pyridine rings is 1.